The van der Waals surface area contributed by atoms with E-state index in [0.717, 1.165) is 5.56 Å². The Bertz CT molecular complexity index is 934. The molecule has 1 aromatic carbocycles. The van der Waals surface area contributed by atoms with Crippen molar-refractivity contribution < 1.29 is 14.4 Å². The van der Waals surface area contributed by atoms with Crippen molar-refractivity contribution in [3.63, 3.8) is 0 Å². The molecule has 1 fully saturated rings. The Hall–Kier alpha value is -2.97. The maximum absolute atomic E-state index is 13.2. The lowest BCUT2D eigenvalue weighted by Gasteiger charge is -2.42. The summed E-state index contributed by atoms with van der Waals surface area (Å²) in [5.41, 5.74) is 7.16. The van der Waals surface area contributed by atoms with Gasteiger partial charge in [0.1, 0.15) is 5.15 Å². The summed E-state index contributed by atoms with van der Waals surface area (Å²) in [5.74, 6) is -1.24. The Kier molecular flexibility index (Phi) is 7.02. The van der Waals surface area contributed by atoms with Crippen LogP contribution in [0.5, 0.6) is 0 Å². The summed E-state index contributed by atoms with van der Waals surface area (Å²) in [4.78, 5) is 46.1. The Morgan fingerprint density at radius 3 is 2.43 bits per heavy atom. The van der Waals surface area contributed by atoms with Crippen molar-refractivity contribution >= 4 is 29.3 Å². The molecule has 0 radical (unpaired) electrons. The van der Waals surface area contributed by atoms with Gasteiger partial charge in [0, 0.05) is 37.9 Å². The Morgan fingerprint density at radius 1 is 1.13 bits per heavy atom. The third-order valence-electron chi connectivity index (χ3n) is 4.88. The number of nitrogens with zero attached hydrogens (tertiary/aromatic N) is 3. The van der Waals surface area contributed by atoms with Crippen LogP contribution in [0, 0.1) is 6.92 Å². The first-order valence-electron chi connectivity index (χ1n) is 9.71. The van der Waals surface area contributed by atoms with E-state index >= 15 is 0 Å². The van der Waals surface area contributed by atoms with Gasteiger partial charge in [0.05, 0.1) is 5.56 Å². The molecule has 0 aliphatic carbocycles. The summed E-state index contributed by atoms with van der Waals surface area (Å²) in [6, 6.07) is 10.2. The molecule has 1 atom stereocenters. The van der Waals surface area contributed by atoms with E-state index in [2.05, 4.69) is 10.3 Å². The van der Waals surface area contributed by atoms with Crippen molar-refractivity contribution in [3.8, 4) is 0 Å². The molecule has 1 aliphatic rings. The van der Waals surface area contributed by atoms with Crippen molar-refractivity contribution in [1.29, 1.82) is 0 Å². The highest BCUT2D eigenvalue weighted by molar-refractivity contribution is 6.32. The van der Waals surface area contributed by atoms with E-state index in [-0.39, 0.29) is 29.7 Å². The number of pyridine rings is 1. The van der Waals surface area contributed by atoms with E-state index in [1.54, 1.807) is 24.3 Å². The molecule has 2 heterocycles. The van der Waals surface area contributed by atoms with Gasteiger partial charge in [0.25, 0.3) is 17.7 Å². The molecule has 9 heteroatoms. The van der Waals surface area contributed by atoms with Crippen LogP contribution in [-0.2, 0) is 4.79 Å². The summed E-state index contributed by atoms with van der Waals surface area (Å²) in [7, 11) is 0. The van der Waals surface area contributed by atoms with E-state index in [4.69, 9.17) is 17.3 Å². The van der Waals surface area contributed by atoms with Crippen molar-refractivity contribution in [2.75, 3.05) is 26.2 Å². The molecule has 158 valence electrons. The predicted molar refractivity (Wildman–Crippen MR) is 113 cm³/mol. The van der Waals surface area contributed by atoms with Gasteiger partial charge < -0.3 is 20.9 Å². The van der Waals surface area contributed by atoms with E-state index < -0.39 is 18.0 Å². The Labute approximate surface area is 180 Å². The molecule has 30 heavy (non-hydrogen) atoms. The molecule has 2 aromatic rings. The number of hydrogen-bond donors (Lipinski definition) is 2. The van der Waals surface area contributed by atoms with Gasteiger partial charge in [0.2, 0.25) is 0 Å². The van der Waals surface area contributed by atoms with Gasteiger partial charge >= 0.3 is 0 Å². The topological polar surface area (TPSA) is 109 Å². The molecule has 3 amide bonds. The summed E-state index contributed by atoms with van der Waals surface area (Å²) >= 11 is 6.10. The van der Waals surface area contributed by atoms with Crippen LogP contribution in [0.4, 0.5) is 0 Å². The normalized spacial score (nSPS) is 16.3. The second-order valence-corrected chi connectivity index (χ2v) is 7.37. The molecule has 1 aliphatic heterocycles. The predicted octanol–water partition coefficient (Wildman–Crippen LogP) is 1.43. The zero-order valence-electron chi connectivity index (χ0n) is 16.7. The van der Waals surface area contributed by atoms with Gasteiger partial charge in [-0.15, -0.1) is 0 Å². The average Bonchev–Trinajstić information content (AvgIpc) is 2.77. The highest BCUT2D eigenvalue weighted by Gasteiger charge is 2.41. The fourth-order valence-electron chi connectivity index (χ4n) is 3.38. The molecular formula is C21H24ClN5O3. The highest BCUT2D eigenvalue weighted by atomic mass is 35.5. The van der Waals surface area contributed by atoms with Crippen molar-refractivity contribution in [1.82, 2.24) is 20.1 Å². The number of nitrogens with two attached hydrogens (primary N) is 1. The molecule has 1 aromatic heterocycles. The molecule has 1 unspecified atom stereocenters. The molecule has 0 saturated carbocycles. The van der Waals surface area contributed by atoms with E-state index in [1.165, 1.54) is 16.0 Å². The summed E-state index contributed by atoms with van der Waals surface area (Å²) in [6.07, 6.45) is 0.901. The van der Waals surface area contributed by atoms with Crippen LogP contribution < -0.4 is 11.1 Å². The minimum Gasteiger partial charge on any atom is -0.351 e. The third kappa shape index (κ3) is 4.60. The number of halogens is 1. The van der Waals surface area contributed by atoms with E-state index in [0.29, 0.717) is 25.1 Å². The number of benzene rings is 1. The maximum Gasteiger partial charge on any atom is 0.263 e. The van der Waals surface area contributed by atoms with E-state index in [9.17, 15) is 14.4 Å². The first-order valence-corrected chi connectivity index (χ1v) is 10.1. The van der Waals surface area contributed by atoms with Crippen LogP contribution in [-0.4, -0.2) is 64.9 Å². The number of nitrogens with one attached hydrogen (secondary N) is 1. The SMILES string of the molecule is Cc1ccc(C(=O)N2CCCN(C(=O)c3cccnc3Cl)C2C(=O)NCCN)cc1. The molecule has 3 N–H and O–H groups in total. The second-order valence-electron chi connectivity index (χ2n) is 7.01. The van der Waals surface area contributed by atoms with Crippen LogP contribution in [0.2, 0.25) is 5.15 Å². The van der Waals surface area contributed by atoms with Crippen LogP contribution >= 0.6 is 11.6 Å². The average molecular weight is 430 g/mol. The van der Waals surface area contributed by atoms with Gasteiger partial charge in [-0.3, -0.25) is 14.4 Å². The lowest BCUT2D eigenvalue weighted by atomic mass is 10.1. The zero-order valence-corrected chi connectivity index (χ0v) is 17.4. The quantitative estimate of drug-likeness (QED) is 0.699. The molecule has 8 nitrogen and oxygen atoms in total. The number of aryl methyl sites for hydroxylation is 1. The van der Waals surface area contributed by atoms with Gasteiger partial charge in [-0.2, -0.15) is 0 Å². The molecule has 1 saturated heterocycles. The molecule has 0 spiro atoms. The highest BCUT2D eigenvalue weighted by Crippen LogP contribution is 2.23. The van der Waals surface area contributed by atoms with Gasteiger partial charge in [0.15, 0.2) is 6.17 Å². The van der Waals surface area contributed by atoms with E-state index in [1.807, 2.05) is 19.1 Å². The number of amides is 3. The lowest BCUT2D eigenvalue weighted by molar-refractivity contribution is -0.132. The maximum atomic E-state index is 13.2. The first kappa shape index (κ1) is 21.7. The van der Waals surface area contributed by atoms with Gasteiger partial charge in [-0.1, -0.05) is 29.3 Å². The van der Waals surface area contributed by atoms with Crippen LogP contribution in [0.1, 0.15) is 32.7 Å². The third-order valence-corrected chi connectivity index (χ3v) is 5.18. The molecule has 3 rings (SSSR count). The minimum atomic E-state index is -1.11. The fraction of sp³-hybridized carbons (Fsp3) is 0.333. The zero-order chi connectivity index (χ0) is 21.7. The first-order chi connectivity index (χ1) is 14.4. The van der Waals surface area contributed by atoms with Crippen LogP contribution in [0.3, 0.4) is 0 Å². The monoisotopic (exact) mass is 429 g/mol. The smallest absolute Gasteiger partial charge is 0.263 e. The van der Waals surface area contributed by atoms with Crippen LogP contribution in [0.15, 0.2) is 42.6 Å². The Morgan fingerprint density at radius 2 is 1.80 bits per heavy atom. The van der Waals surface area contributed by atoms with Gasteiger partial charge in [-0.05, 0) is 37.6 Å². The lowest BCUT2D eigenvalue weighted by Crippen LogP contribution is -2.63. The second kappa shape index (κ2) is 9.69. The number of aromatic nitrogens is 1. The van der Waals surface area contributed by atoms with Gasteiger partial charge in [-0.25, -0.2) is 4.98 Å². The summed E-state index contributed by atoms with van der Waals surface area (Å²) < 4.78 is 0. The van der Waals surface area contributed by atoms with Crippen molar-refractivity contribution in [2.45, 2.75) is 19.5 Å². The van der Waals surface area contributed by atoms with Crippen molar-refractivity contribution in [3.05, 3.63) is 64.4 Å². The van der Waals surface area contributed by atoms with Crippen molar-refractivity contribution in [2.24, 2.45) is 5.73 Å². The molecular weight excluding hydrogens is 406 g/mol. The Balaban J connectivity index is 1.96. The minimum absolute atomic E-state index is 0.0469. The number of rotatable bonds is 5. The fourth-order valence-corrected chi connectivity index (χ4v) is 3.58. The number of carbonyl (C=O) groups is 3. The molecule has 0 bridgehead atoms. The summed E-state index contributed by atoms with van der Waals surface area (Å²) in [6.45, 7) is 3.06. The van der Waals surface area contributed by atoms with Crippen LogP contribution in [0.25, 0.3) is 0 Å². The largest absolute Gasteiger partial charge is 0.351 e. The number of hydrogen-bond acceptors (Lipinski definition) is 5. The standard InChI is InChI=1S/C21H24ClN5O3/c1-14-5-7-15(8-6-14)20(29)26-12-3-13-27(19(26)18(28)25-11-9-23)21(30)16-4-2-10-24-17(16)22/h2,4-8,10,19H,3,9,11-13,23H2,1H3,(H,25,28). The number of carbonyl (C=O) groups excluding carboxylic acids is 3. The summed E-state index contributed by atoms with van der Waals surface area (Å²) in [5, 5.41) is 2.74.